The number of fused-ring (bicyclic) bond motifs is 3. The second kappa shape index (κ2) is 13.3. The van der Waals surface area contributed by atoms with Gasteiger partial charge in [-0.1, -0.05) is 116 Å². The van der Waals surface area contributed by atoms with E-state index in [1.54, 1.807) is 0 Å². The van der Waals surface area contributed by atoms with Crippen LogP contribution in [0.3, 0.4) is 0 Å². The summed E-state index contributed by atoms with van der Waals surface area (Å²) >= 11 is 0. The van der Waals surface area contributed by atoms with E-state index in [1.807, 2.05) is 24.3 Å². The molecule has 3 nitrogen and oxygen atoms in total. The summed E-state index contributed by atoms with van der Waals surface area (Å²) in [6, 6.07) is 35.0. The number of nitrogens with zero attached hydrogens (tertiary/aromatic N) is 2. The van der Waals surface area contributed by atoms with Crippen molar-refractivity contribution in [2.75, 3.05) is 5.32 Å². The Kier molecular flexibility index (Phi) is 8.41. The van der Waals surface area contributed by atoms with Gasteiger partial charge < -0.3 is 9.88 Å². The number of anilines is 1. The van der Waals surface area contributed by atoms with E-state index in [9.17, 15) is 5.26 Å². The minimum absolute atomic E-state index is 0.166. The topological polar surface area (TPSA) is 40.8 Å². The minimum atomic E-state index is 0.166. The molecule has 0 bridgehead atoms. The molecule has 1 heterocycles. The Labute approximate surface area is 277 Å². The fourth-order valence-corrected chi connectivity index (χ4v) is 6.67. The van der Waals surface area contributed by atoms with E-state index in [-0.39, 0.29) is 6.04 Å². The Morgan fingerprint density at radius 3 is 2.40 bits per heavy atom. The zero-order valence-electron chi connectivity index (χ0n) is 26.7. The summed E-state index contributed by atoms with van der Waals surface area (Å²) in [4.78, 5) is 0. The average Bonchev–Trinajstić information content (AvgIpc) is 3.46. The molecule has 0 spiro atoms. The van der Waals surface area contributed by atoms with Gasteiger partial charge in [-0.15, -0.1) is 0 Å². The quantitative estimate of drug-likeness (QED) is 0.178. The van der Waals surface area contributed by atoms with Crippen molar-refractivity contribution in [1.29, 1.82) is 5.26 Å². The predicted octanol–water partition coefficient (Wildman–Crippen LogP) is 11.7. The standard InChI is InChI=1S/C44H37N3/c1-3-33(34-12-6-4-7-13-34)21-18-31(2)39-26-22-36(29-42(39)46-37-14-8-5-9-15-37)35-23-27-44-41(28-35)40-16-10-11-17-43(40)47(44)38-24-19-32(30-45)20-25-38/h3-4,6-8,10-24,26-29,38,46H,1,5,9,25H2,2H3/b31-18+,33-21+. The maximum atomic E-state index is 9.35. The van der Waals surface area contributed by atoms with Gasteiger partial charge >= 0.3 is 0 Å². The molecule has 47 heavy (non-hydrogen) atoms. The number of allylic oxidation sites excluding steroid dienone is 12. The Morgan fingerprint density at radius 2 is 1.64 bits per heavy atom. The van der Waals surface area contributed by atoms with Crippen LogP contribution >= 0.6 is 0 Å². The van der Waals surface area contributed by atoms with Crippen molar-refractivity contribution >= 4 is 38.6 Å². The van der Waals surface area contributed by atoms with E-state index < -0.39 is 0 Å². The van der Waals surface area contributed by atoms with Crippen LogP contribution in [0.5, 0.6) is 0 Å². The second-order valence-electron chi connectivity index (χ2n) is 12.1. The van der Waals surface area contributed by atoms with Gasteiger partial charge in [0.2, 0.25) is 0 Å². The SMILES string of the molecule is C=C/C(=C\C=C(/C)c1ccc(-c2ccc3c(c2)c2ccccc2n3C2C=CC(C#N)=CC2)cc1NC1=CCCC=C1)c1ccccc1. The molecule has 2 aliphatic carbocycles. The first-order valence-electron chi connectivity index (χ1n) is 16.3. The first kappa shape index (κ1) is 29.8. The minimum Gasteiger partial charge on any atom is -0.355 e. The molecule has 0 aliphatic heterocycles. The highest BCUT2D eigenvalue weighted by atomic mass is 15.0. The predicted molar refractivity (Wildman–Crippen MR) is 200 cm³/mol. The molecule has 1 unspecified atom stereocenters. The lowest BCUT2D eigenvalue weighted by Crippen LogP contribution is -2.07. The van der Waals surface area contributed by atoms with E-state index in [2.05, 4.69) is 151 Å². The molecule has 1 atom stereocenters. The van der Waals surface area contributed by atoms with Crippen LogP contribution in [-0.4, -0.2) is 4.57 Å². The number of aromatic nitrogens is 1. The lowest BCUT2D eigenvalue weighted by atomic mass is 9.96. The van der Waals surface area contributed by atoms with Gasteiger partial charge in [-0.3, -0.25) is 0 Å². The molecule has 3 heteroatoms. The molecule has 1 aromatic heterocycles. The van der Waals surface area contributed by atoms with Crippen molar-refractivity contribution in [2.24, 2.45) is 0 Å². The van der Waals surface area contributed by atoms with Crippen LogP contribution in [0, 0.1) is 11.3 Å². The monoisotopic (exact) mass is 607 g/mol. The molecule has 7 rings (SSSR count). The molecule has 2 aliphatic rings. The molecule has 0 saturated heterocycles. The normalized spacial score (nSPS) is 16.6. The van der Waals surface area contributed by atoms with Crippen molar-refractivity contribution in [3.05, 3.63) is 175 Å². The van der Waals surface area contributed by atoms with Crippen molar-refractivity contribution in [2.45, 2.75) is 32.2 Å². The smallest absolute Gasteiger partial charge is 0.0988 e. The molecule has 228 valence electrons. The lowest BCUT2D eigenvalue weighted by Gasteiger charge is -2.19. The van der Waals surface area contributed by atoms with Crippen molar-refractivity contribution < 1.29 is 0 Å². The summed E-state index contributed by atoms with van der Waals surface area (Å²) < 4.78 is 2.42. The summed E-state index contributed by atoms with van der Waals surface area (Å²) in [6.45, 7) is 6.23. The van der Waals surface area contributed by atoms with Crippen LogP contribution in [0.4, 0.5) is 5.69 Å². The largest absolute Gasteiger partial charge is 0.355 e. The Balaban J connectivity index is 1.30. The number of rotatable bonds is 8. The van der Waals surface area contributed by atoms with Gasteiger partial charge in [0.15, 0.2) is 0 Å². The zero-order chi connectivity index (χ0) is 32.2. The molecule has 4 aromatic carbocycles. The summed E-state index contributed by atoms with van der Waals surface area (Å²) in [6.07, 6.45) is 22.0. The lowest BCUT2D eigenvalue weighted by molar-refractivity contribution is 0.646. The number of para-hydroxylation sites is 1. The highest BCUT2D eigenvalue weighted by molar-refractivity contribution is 6.09. The summed E-state index contributed by atoms with van der Waals surface area (Å²) in [5.41, 5.74) is 12.3. The van der Waals surface area contributed by atoms with Crippen LogP contribution in [0.25, 0.3) is 44.1 Å². The third kappa shape index (κ3) is 6.07. The van der Waals surface area contributed by atoms with Crippen LogP contribution < -0.4 is 5.32 Å². The first-order valence-corrected chi connectivity index (χ1v) is 16.3. The Morgan fingerprint density at radius 1 is 0.851 bits per heavy atom. The average molecular weight is 608 g/mol. The summed E-state index contributed by atoms with van der Waals surface area (Å²) in [7, 11) is 0. The second-order valence-corrected chi connectivity index (χ2v) is 12.1. The van der Waals surface area contributed by atoms with Crippen LogP contribution in [0.2, 0.25) is 0 Å². The van der Waals surface area contributed by atoms with Crippen molar-refractivity contribution in [3.63, 3.8) is 0 Å². The van der Waals surface area contributed by atoms with Crippen molar-refractivity contribution in [1.82, 2.24) is 4.57 Å². The molecule has 0 fully saturated rings. The van der Waals surface area contributed by atoms with Gasteiger partial charge in [-0.2, -0.15) is 5.26 Å². The number of benzene rings is 4. The maximum absolute atomic E-state index is 9.35. The van der Waals surface area contributed by atoms with Crippen LogP contribution in [0.15, 0.2) is 164 Å². The Hall–Kier alpha value is -5.85. The highest BCUT2D eigenvalue weighted by Crippen LogP contribution is 2.38. The van der Waals surface area contributed by atoms with Gasteiger partial charge in [0.1, 0.15) is 0 Å². The van der Waals surface area contributed by atoms with E-state index in [4.69, 9.17) is 0 Å². The fourth-order valence-electron chi connectivity index (χ4n) is 6.67. The van der Waals surface area contributed by atoms with Crippen molar-refractivity contribution in [3.8, 4) is 17.2 Å². The summed E-state index contributed by atoms with van der Waals surface area (Å²) in [5, 5.41) is 15.6. The Bertz CT molecular complexity index is 2220. The zero-order valence-corrected chi connectivity index (χ0v) is 26.7. The van der Waals surface area contributed by atoms with E-state index >= 15 is 0 Å². The molecular weight excluding hydrogens is 571 g/mol. The van der Waals surface area contributed by atoms with E-state index in [0.717, 1.165) is 58.5 Å². The van der Waals surface area contributed by atoms with Gasteiger partial charge in [-0.25, -0.2) is 0 Å². The highest BCUT2D eigenvalue weighted by Gasteiger charge is 2.19. The maximum Gasteiger partial charge on any atom is 0.0988 e. The third-order valence-corrected chi connectivity index (χ3v) is 9.14. The van der Waals surface area contributed by atoms with Gasteiger partial charge in [0.05, 0.1) is 12.1 Å². The molecule has 0 amide bonds. The number of nitrogens with one attached hydrogen (secondary N) is 1. The molecule has 1 N–H and O–H groups in total. The van der Waals surface area contributed by atoms with E-state index in [1.165, 1.54) is 32.9 Å². The number of hydrogen-bond acceptors (Lipinski definition) is 2. The van der Waals surface area contributed by atoms with Crippen LogP contribution in [-0.2, 0) is 0 Å². The number of nitriles is 1. The molecular formula is C44H37N3. The van der Waals surface area contributed by atoms with Crippen LogP contribution in [0.1, 0.15) is 43.4 Å². The van der Waals surface area contributed by atoms with Gasteiger partial charge in [0.25, 0.3) is 0 Å². The molecule has 5 aromatic rings. The van der Waals surface area contributed by atoms with Gasteiger partial charge in [-0.05, 0) is 90.4 Å². The fraction of sp³-hybridized carbons (Fsp3) is 0.114. The number of hydrogen-bond donors (Lipinski definition) is 1. The molecule has 0 saturated carbocycles. The summed E-state index contributed by atoms with van der Waals surface area (Å²) in [5.74, 6) is 0. The molecule has 0 radical (unpaired) electrons. The third-order valence-electron chi connectivity index (χ3n) is 9.14. The van der Waals surface area contributed by atoms with E-state index in [0.29, 0.717) is 0 Å². The van der Waals surface area contributed by atoms with Gasteiger partial charge in [0, 0.05) is 44.3 Å². The first-order chi connectivity index (χ1) is 23.1.